The molecule has 2 aromatic rings. The van der Waals surface area contributed by atoms with Crippen molar-refractivity contribution in [3.8, 4) is 0 Å². The first-order valence-electron chi connectivity index (χ1n) is 12.6. The highest BCUT2D eigenvalue weighted by atomic mass is 28.4. The number of aliphatic hydroxyl groups excluding tert-OH is 1. The molecule has 0 unspecified atom stereocenters. The van der Waals surface area contributed by atoms with Crippen molar-refractivity contribution >= 4 is 24.7 Å². The molecule has 4 nitrogen and oxygen atoms in total. The molecule has 0 saturated heterocycles. The Morgan fingerprint density at radius 1 is 1.00 bits per heavy atom. The van der Waals surface area contributed by atoms with E-state index in [0.717, 1.165) is 25.7 Å². The van der Waals surface area contributed by atoms with E-state index in [2.05, 4.69) is 93.6 Å². The minimum atomic E-state index is -2.58. The van der Waals surface area contributed by atoms with Gasteiger partial charge in [0.25, 0.3) is 8.32 Å². The molecule has 2 aromatic carbocycles. The van der Waals surface area contributed by atoms with Gasteiger partial charge in [0.2, 0.25) is 0 Å². The van der Waals surface area contributed by atoms with Crippen LogP contribution in [0.25, 0.3) is 0 Å². The summed E-state index contributed by atoms with van der Waals surface area (Å²) in [5.74, 6) is -0.269. The summed E-state index contributed by atoms with van der Waals surface area (Å²) in [6.45, 7) is 7.52. The van der Waals surface area contributed by atoms with Crippen LogP contribution in [0.4, 0.5) is 0 Å². The van der Waals surface area contributed by atoms with Gasteiger partial charge in [-0.1, -0.05) is 93.6 Å². The number of hydrogen-bond acceptors (Lipinski definition) is 3. The third kappa shape index (κ3) is 6.26. The lowest BCUT2D eigenvalue weighted by Crippen LogP contribution is -2.67. The van der Waals surface area contributed by atoms with Gasteiger partial charge in [-0.2, -0.15) is 0 Å². The van der Waals surface area contributed by atoms with Gasteiger partial charge in [0.15, 0.2) is 0 Å². The van der Waals surface area contributed by atoms with Gasteiger partial charge in [-0.25, -0.2) is 0 Å². The smallest absolute Gasteiger partial charge is 0.303 e. The van der Waals surface area contributed by atoms with Crippen molar-refractivity contribution in [2.24, 2.45) is 11.8 Å². The molecule has 0 aromatic heterocycles. The van der Waals surface area contributed by atoms with Crippen molar-refractivity contribution < 1.29 is 19.4 Å². The highest BCUT2D eigenvalue weighted by Crippen LogP contribution is 2.40. The maximum atomic E-state index is 10.7. The second-order valence-corrected chi connectivity index (χ2v) is 14.8. The summed E-state index contributed by atoms with van der Waals surface area (Å²) < 4.78 is 7.14. The second kappa shape index (κ2) is 12.0. The number of carboxylic acids is 1. The Balaban J connectivity index is 1.79. The standard InChI is InChI=1S/C29H40O4Si/c1-29(2,3)34(24-14-8-6-9-15-24,25-16-10-7-11-17-25)33-22-23-20-21-27(30)26(23)18-12-4-5-13-19-28(31)32/h4,6-12,14-17,23,26-27,30H,5,13,18-22H2,1-3H3,(H,31,32)/b12-4-/t23-,26-,27+/m1/s1. The molecule has 5 heteroatoms. The van der Waals surface area contributed by atoms with Gasteiger partial charge in [-0.15, -0.1) is 0 Å². The van der Waals surface area contributed by atoms with E-state index in [4.69, 9.17) is 9.53 Å². The first-order valence-corrected chi connectivity index (χ1v) is 14.5. The monoisotopic (exact) mass is 480 g/mol. The Kier molecular flexibility index (Phi) is 9.29. The molecule has 0 bridgehead atoms. The van der Waals surface area contributed by atoms with Gasteiger partial charge in [-0.05, 0) is 59.4 Å². The Morgan fingerprint density at radius 2 is 1.59 bits per heavy atom. The SMILES string of the molecule is CC(C)(C)[Si](OC[C@H]1CC[C@H](O)[C@@H]1C/C=C\CCCC(=O)O)(c1ccccc1)c1ccccc1. The fraction of sp³-hybridized carbons (Fsp3) is 0.483. The van der Waals surface area contributed by atoms with E-state index in [-0.39, 0.29) is 23.5 Å². The molecule has 1 saturated carbocycles. The van der Waals surface area contributed by atoms with Crippen LogP contribution in [0.15, 0.2) is 72.8 Å². The second-order valence-electron chi connectivity index (χ2n) is 10.5. The average molecular weight is 481 g/mol. The number of aliphatic carboxylic acids is 1. The molecule has 1 aliphatic rings. The molecular weight excluding hydrogens is 440 g/mol. The molecule has 0 radical (unpaired) electrons. The lowest BCUT2D eigenvalue weighted by atomic mass is 9.92. The summed E-state index contributed by atoms with van der Waals surface area (Å²) in [5.41, 5.74) is 0. The fourth-order valence-electron chi connectivity index (χ4n) is 5.42. The molecular formula is C29H40O4Si. The quantitative estimate of drug-likeness (QED) is 0.265. The zero-order chi connectivity index (χ0) is 24.6. The Bertz CT molecular complexity index is 881. The van der Waals surface area contributed by atoms with Gasteiger partial charge >= 0.3 is 5.97 Å². The highest BCUT2D eigenvalue weighted by molar-refractivity contribution is 6.99. The molecule has 3 rings (SSSR count). The van der Waals surface area contributed by atoms with Crippen molar-refractivity contribution in [1.29, 1.82) is 0 Å². The molecule has 2 N–H and O–H groups in total. The van der Waals surface area contributed by atoms with Crippen LogP contribution in [0.2, 0.25) is 5.04 Å². The first-order chi connectivity index (χ1) is 16.3. The zero-order valence-corrected chi connectivity index (χ0v) is 21.8. The van der Waals surface area contributed by atoms with Crippen molar-refractivity contribution in [3.05, 3.63) is 72.8 Å². The number of allylic oxidation sites excluding steroid dienone is 2. The number of rotatable bonds is 11. The minimum absolute atomic E-state index is 0.0630. The molecule has 34 heavy (non-hydrogen) atoms. The lowest BCUT2D eigenvalue weighted by Gasteiger charge is -2.44. The highest BCUT2D eigenvalue weighted by Gasteiger charge is 2.51. The third-order valence-corrected chi connectivity index (χ3v) is 12.2. The van der Waals surface area contributed by atoms with Gasteiger partial charge < -0.3 is 14.6 Å². The summed E-state index contributed by atoms with van der Waals surface area (Å²) in [5, 5.41) is 22.0. The Morgan fingerprint density at radius 3 is 2.12 bits per heavy atom. The molecule has 0 aliphatic heterocycles. The summed E-state index contributed by atoms with van der Waals surface area (Å²) in [4.78, 5) is 10.7. The van der Waals surface area contributed by atoms with Gasteiger partial charge in [0.05, 0.1) is 6.10 Å². The average Bonchev–Trinajstić information content (AvgIpc) is 3.16. The van der Waals surface area contributed by atoms with E-state index in [0.29, 0.717) is 18.9 Å². The van der Waals surface area contributed by atoms with Crippen LogP contribution in [0.1, 0.15) is 59.3 Å². The zero-order valence-electron chi connectivity index (χ0n) is 20.8. The molecule has 184 valence electrons. The van der Waals surface area contributed by atoms with Crippen LogP contribution in [0.5, 0.6) is 0 Å². The number of benzene rings is 2. The molecule has 1 aliphatic carbocycles. The maximum absolute atomic E-state index is 10.7. The predicted octanol–water partition coefficient (Wildman–Crippen LogP) is 5.15. The van der Waals surface area contributed by atoms with Crippen molar-refractivity contribution in [2.75, 3.05) is 6.61 Å². The van der Waals surface area contributed by atoms with Gasteiger partial charge in [0, 0.05) is 13.0 Å². The van der Waals surface area contributed by atoms with Gasteiger partial charge in [-0.3, -0.25) is 4.79 Å². The topological polar surface area (TPSA) is 66.8 Å². The van der Waals surface area contributed by atoms with Crippen molar-refractivity contribution in [2.45, 2.75) is 70.4 Å². The number of aliphatic hydroxyl groups is 1. The number of carboxylic acid groups (broad SMARTS) is 1. The van der Waals surface area contributed by atoms with Crippen molar-refractivity contribution in [3.63, 3.8) is 0 Å². The minimum Gasteiger partial charge on any atom is -0.481 e. The van der Waals surface area contributed by atoms with E-state index in [1.165, 1.54) is 10.4 Å². The Labute approximate surface area is 205 Å². The first kappa shape index (κ1) is 26.4. The molecule has 0 heterocycles. The number of hydrogen-bond donors (Lipinski definition) is 2. The normalized spacial score (nSPS) is 21.2. The van der Waals surface area contributed by atoms with Crippen LogP contribution in [0.3, 0.4) is 0 Å². The van der Waals surface area contributed by atoms with E-state index in [1.54, 1.807) is 0 Å². The third-order valence-electron chi connectivity index (χ3n) is 7.20. The van der Waals surface area contributed by atoms with E-state index >= 15 is 0 Å². The largest absolute Gasteiger partial charge is 0.481 e. The number of unbranched alkanes of at least 4 members (excludes halogenated alkanes) is 1. The predicted molar refractivity (Wildman–Crippen MR) is 141 cm³/mol. The van der Waals surface area contributed by atoms with Crippen LogP contribution in [0, 0.1) is 11.8 Å². The van der Waals surface area contributed by atoms with Crippen LogP contribution in [-0.2, 0) is 9.22 Å². The van der Waals surface area contributed by atoms with Crippen LogP contribution in [-0.4, -0.2) is 37.2 Å². The van der Waals surface area contributed by atoms with Crippen molar-refractivity contribution in [1.82, 2.24) is 0 Å². The molecule has 0 amide bonds. The fourth-order valence-corrected chi connectivity index (χ4v) is 10.0. The summed E-state index contributed by atoms with van der Waals surface area (Å²) in [6.07, 6.45) is 8.08. The van der Waals surface area contributed by atoms with E-state index < -0.39 is 14.3 Å². The van der Waals surface area contributed by atoms with Crippen LogP contribution >= 0.6 is 0 Å². The number of carbonyl (C=O) groups is 1. The molecule has 0 spiro atoms. The molecule has 3 atom stereocenters. The lowest BCUT2D eigenvalue weighted by molar-refractivity contribution is -0.137. The summed E-state index contributed by atoms with van der Waals surface area (Å²) in [7, 11) is -2.58. The van der Waals surface area contributed by atoms with E-state index in [1.807, 2.05) is 0 Å². The maximum Gasteiger partial charge on any atom is 0.303 e. The van der Waals surface area contributed by atoms with Crippen LogP contribution < -0.4 is 10.4 Å². The summed E-state index contributed by atoms with van der Waals surface area (Å²) in [6, 6.07) is 21.4. The Hall–Kier alpha value is -2.21. The van der Waals surface area contributed by atoms with E-state index in [9.17, 15) is 9.90 Å². The molecule has 1 fully saturated rings. The summed E-state index contributed by atoms with van der Waals surface area (Å²) >= 11 is 0. The van der Waals surface area contributed by atoms with Gasteiger partial charge in [0.1, 0.15) is 0 Å².